The second-order valence-electron chi connectivity index (χ2n) is 6.96. The molecule has 4 rings (SSSR count). The van der Waals surface area contributed by atoms with E-state index in [0.717, 1.165) is 32.5 Å². The first kappa shape index (κ1) is 21.3. The Morgan fingerprint density at radius 3 is 2.55 bits per heavy atom. The summed E-state index contributed by atoms with van der Waals surface area (Å²) in [5, 5.41) is 12.4. The normalized spacial score (nSPS) is 10.8. The van der Waals surface area contributed by atoms with Crippen LogP contribution in [-0.4, -0.2) is 31.4 Å². The number of carbonyl (C=O) groups excluding carboxylic acids is 1. The number of nitrogens with one attached hydrogen (secondary N) is 1. The number of benzene rings is 2. The van der Waals surface area contributed by atoms with E-state index in [1.165, 1.54) is 11.8 Å². The number of rotatable bonds is 6. The molecule has 0 fully saturated rings. The number of anilines is 1. The molecule has 0 spiro atoms. The lowest BCUT2D eigenvalue weighted by Gasteiger charge is -2.13. The second kappa shape index (κ2) is 9.45. The van der Waals surface area contributed by atoms with Crippen molar-refractivity contribution in [2.45, 2.75) is 19.0 Å². The monoisotopic (exact) mass is 493 g/mol. The largest absolute Gasteiger partial charge is 0.325 e. The molecule has 8 heteroatoms. The van der Waals surface area contributed by atoms with Crippen molar-refractivity contribution in [3.8, 4) is 17.1 Å². The van der Waals surface area contributed by atoms with Crippen molar-refractivity contribution in [1.82, 2.24) is 19.7 Å². The number of thioether (sulfide) groups is 1. The summed E-state index contributed by atoms with van der Waals surface area (Å²) >= 11 is 4.80. The number of hydrogen-bond acceptors (Lipinski definition) is 5. The third kappa shape index (κ3) is 4.86. The fourth-order valence-electron chi connectivity index (χ4n) is 3.17. The predicted molar refractivity (Wildman–Crippen MR) is 128 cm³/mol. The van der Waals surface area contributed by atoms with Gasteiger partial charge in [0.25, 0.3) is 0 Å². The molecule has 31 heavy (non-hydrogen) atoms. The average molecular weight is 494 g/mol. The van der Waals surface area contributed by atoms with Crippen LogP contribution in [0.3, 0.4) is 0 Å². The fourth-order valence-corrected chi connectivity index (χ4v) is 4.39. The summed E-state index contributed by atoms with van der Waals surface area (Å²) in [5.41, 5.74) is 4.77. The van der Waals surface area contributed by atoms with Crippen LogP contribution in [0.1, 0.15) is 11.1 Å². The highest BCUT2D eigenvalue weighted by molar-refractivity contribution is 9.10. The molecule has 0 saturated carbocycles. The quantitative estimate of drug-likeness (QED) is 0.362. The lowest BCUT2D eigenvalue weighted by atomic mass is 10.2. The van der Waals surface area contributed by atoms with E-state index in [0.29, 0.717) is 11.0 Å². The van der Waals surface area contributed by atoms with E-state index >= 15 is 0 Å². The van der Waals surface area contributed by atoms with Gasteiger partial charge in [0, 0.05) is 28.1 Å². The average Bonchev–Trinajstić information content (AvgIpc) is 3.19. The molecule has 4 aromatic rings. The maximum atomic E-state index is 12.6. The van der Waals surface area contributed by atoms with Crippen LogP contribution in [0.5, 0.6) is 0 Å². The van der Waals surface area contributed by atoms with Gasteiger partial charge in [0.05, 0.1) is 11.4 Å². The molecule has 2 aromatic heterocycles. The SMILES string of the molecule is Cc1cc(Br)ccc1NC(=O)CSc1nnc(-c2ccncc2)n1-c1ccccc1C. The first-order valence-corrected chi connectivity index (χ1v) is 11.4. The van der Waals surface area contributed by atoms with E-state index < -0.39 is 0 Å². The molecule has 2 aromatic carbocycles. The van der Waals surface area contributed by atoms with Crippen LogP contribution in [0.2, 0.25) is 0 Å². The van der Waals surface area contributed by atoms with Crippen molar-refractivity contribution in [2.24, 2.45) is 0 Å². The maximum Gasteiger partial charge on any atom is 0.234 e. The van der Waals surface area contributed by atoms with E-state index in [1.54, 1.807) is 12.4 Å². The van der Waals surface area contributed by atoms with Crippen LogP contribution < -0.4 is 5.32 Å². The van der Waals surface area contributed by atoms with Gasteiger partial charge in [0.15, 0.2) is 11.0 Å². The standard InChI is InChI=1S/C23H20BrN5OS/c1-15-5-3-4-6-20(15)29-22(17-9-11-25-12-10-17)27-28-23(29)31-14-21(30)26-19-8-7-18(24)13-16(19)2/h3-13H,14H2,1-2H3,(H,26,30). The first-order chi connectivity index (χ1) is 15.0. The Bertz CT molecular complexity index is 1230. The number of carbonyl (C=O) groups is 1. The topological polar surface area (TPSA) is 72.7 Å². The van der Waals surface area contributed by atoms with Gasteiger partial charge in [-0.25, -0.2) is 0 Å². The van der Waals surface area contributed by atoms with Gasteiger partial charge < -0.3 is 5.32 Å². The Balaban J connectivity index is 1.60. The number of aromatic nitrogens is 4. The number of para-hydroxylation sites is 1. The molecule has 0 radical (unpaired) electrons. The lowest BCUT2D eigenvalue weighted by Crippen LogP contribution is -2.15. The van der Waals surface area contributed by atoms with E-state index in [-0.39, 0.29) is 11.7 Å². The number of pyridine rings is 1. The highest BCUT2D eigenvalue weighted by Gasteiger charge is 2.18. The lowest BCUT2D eigenvalue weighted by molar-refractivity contribution is -0.113. The second-order valence-corrected chi connectivity index (χ2v) is 8.82. The molecule has 156 valence electrons. The van der Waals surface area contributed by atoms with Gasteiger partial charge in [-0.3, -0.25) is 14.3 Å². The zero-order valence-electron chi connectivity index (χ0n) is 17.0. The molecule has 6 nitrogen and oxygen atoms in total. The van der Waals surface area contributed by atoms with E-state index in [1.807, 2.05) is 73.0 Å². The molecule has 0 aliphatic heterocycles. The molecule has 2 heterocycles. The summed E-state index contributed by atoms with van der Waals surface area (Å²) in [6, 6.07) is 17.6. The number of amides is 1. The van der Waals surface area contributed by atoms with Crippen LogP contribution in [-0.2, 0) is 4.79 Å². The predicted octanol–water partition coefficient (Wildman–Crippen LogP) is 5.44. The molecule has 0 bridgehead atoms. The van der Waals surface area contributed by atoms with E-state index in [4.69, 9.17) is 0 Å². The van der Waals surface area contributed by atoms with Gasteiger partial charge in [-0.2, -0.15) is 0 Å². The third-order valence-corrected chi connectivity index (χ3v) is 6.15. The zero-order chi connectivity index (χ0) is 21.8. The number of nitrogens with zero attached hydrogens (tertiary/aromatic N) is 4. The minimum absolute atomic E-state index is 0.0970. The number of aryl methyl sites for hydroxylation is 2. The van der Waals surface area contributed by atoms with Crippen molar-refractivity contribution in [2.75, 3.05) is 11.1 Å². The Morgan fingerprint density at radius 2 is 1.81 bits per heavy atom. The molecule has 0 unspecified atom stereocenters. The van der Waals surface area contributed by atoms with Crippen LogP contribution in [0.15, 0.2) is 76.6 Å². The van der Waals surface area contributed by atoms with Gasteiger partial charge >= 0.3 is 0 Å². The minimum atomic E-state index is -0.0970. The van der Waals surface area contributed by atoms with E-state index in [9.17, 15) is 4.79 Å². The highest BCUT2D eigenvalue weighted by Crippen LogP contribution is 2.29. The van der Waals surface area contributed by atoms with Crippen LogP contribution in [0, 0.1) is 13.8 Å². The highest BCUT2D eigenvalue weighted by atomic mass is 79.9. The molecule has 0 atom stereocenters. The van der Waals surface area contributed by atoms with Crippen molar-refractivity contribution < 1.29 is 4.79 Å². The molecule has 0 aliphatic rings. The van der Waals surface area contributed by atoms with Crippen LogP contribution in [0.4, 0.5) is 5.69 Å². The van der Waals surface area contributed by atoms with Gasteiger partial charge in [-0.15, -0.1) is 10.2 Å². The van der Waals surface area contributed by atoms with Crippen LogP contribution >= 0.6 is 27.7 Å². The Hall–Kier alpha value is -2.97. The van der Waals surface area contributed by atoms with Gasteiger partial charge in [-0.1, -0.05) is 45.9 Å². The van der Waals surface area contributed by atoms with Gasteiger partial charge in [0.1, 0.15) is 0 Å². The summed E-state index contributed by atoms with van der Waals surface area (Å²) in [6.07, 6.45) is 3.46. The zero-order valence-corrected chi connectivity index (χ0v) is 19.4. The van der Waals surface area contributed by atoms with Crippen molar-refractivity contribution >= 4 is 39.3 Å². The van der Waals surface area contributed by atoms with Gasteiger partial charge in [-0.05, 0) is 61.4 Å². The molecule has 1 N–H and O–H groups in total. The first-order valence-electron chi connectivity index (χ1n) is 9.63. The third-order valence-electron chi connectivity index (χ3n) is 4.72. The number of hydrogen-bond donors (Lipinski definition) is 1. The van der Waals surface area contributed by atoms with Crippen molar-refractivity contribution in [1.29, 1.82) is 0 Å². The smallest absolute Gasteiger partial charge is 0.234 e. The molecule has 1 amide bonds. The summed E-state index contributed by atoms with van der Waals surface area (Å²) in [5.74, 6) is 0.833. The van der Waals surface area contributed by atoms with Crippen LogP contribution in [0.25, 0.3) is 17.1 Å². The maximum absolute atomic E-state index is 12.6. The summed E-state index contributed by atoms with van der Waals surface area (Å²) in [4.78, 5) is 16.7. The molecule has 0 aliphatic carbocycles. The van der Waals surface area contributed by atoms with E-state index in [2.05, 4.69) is 36.4 Å². The number of halogens is 1. The fraction of sp³-hybridized carbons (Fsp3) is 0.130. The summed E-state index contributed by atoms with van der Waals surface area (Å²) in [7, 11) is 0. The molecular formula is C23H20BrN5OS. The molecule has 0 saturated heterocycles. The Labute approximate surface area is 193 Å². The van der Waals surface area contributed by atoms with Crippen molar-refractivity contribution in [3.63, 3.8) is 0 Å². The summed E-state index contributed by atoms with van der Waals surface area (Å²) in [6.45, 7) is 4.01. The Kier molecular flexibility index (Phi) is 6.48. The minimum Gasteiger partial charge on any atom is -0.325 e. The van der Waals surface area contributed by atoms with Crippen molar-refractivity contribution in [3.05, 3.63) is 82.6 Å². The summed E-state index contributed by atoms with van der Waals surface area (Å²) < 4.78 is 2.97. The Morgan fingerprint density at radius 1 is 1.03 bits per heavy atom. The van der Waals surface area contributed by atoms with Gasteiger partial charge in [0.2, 0.25) is 5.91 Å². The molecular weight excluding hydrogens is 474 g/mol.